The van der Waals surface area contributed by atoms with E-state index in [4.69, 9.17) is 4.74 Å². The molecule has 2 N–H and O–H groups in total. The van der Waals surface area contributed by atoms with Crippen LogP contribution in [-0.4, -0.2) is 25.2 Å². The van der Waals surface area contributed by atoms with Gasteiger partial charge in [0.2, 0.25) is 0 Å². The van der Waals surface area contributed by atoms with Crippen LogP contribution in [0.2, 0.25) is 0 Å². The Kier molecular flexibility index (Phi) is 1.72. The first kappa shape index (κ1) is 7.68. The standard InChI is InChI=1S/C10H16N2O/c1-2-9-10(12-3-4-13-9)8-6-11-5-7(1)8/h3-4,7-12H,1-2,5-6H2. The van der Waals surface area contributed by atoms with Crippen molar-refractivity contribution in [2.75, 3.05) is 13.1 Å². The lowest BCUT2D eigenvalue weighted by atomic mass is 9.76. The lowest BCUT2D eigenvalue weighted by Gasteiger charge is -2.40. The number of ether oxygens (including phenoxy) is 1. The van der Waals surface area contributed by atoms with Gasteiger partial charge in [0.15, 0.2) is 0 Å². The molecule has 3 heteroatoms. The van der Waals surface area contributed by atoms with E-state index in [1.165, 1.54) is 19.4 Å². The summed E-state index contributed by atoms with van der Waals surface area (Å²) in [6.07, 6.45) is 6.71. The fourth-order valence-corrected chi connectivity index (χ4v) is 3.00. The molecule has 0 amide bonds. The van der Waals surface area contributed by atoms with Crippen molar-refractivity contribution < 1.29 is 4.74 Å². The minimum atomic E-state index is 0.422. The van der Waals surface area contributed by atoms with Crippen LogP contribution in [0.15, 0.2) is 12.5 Å². The highest BCUT2D eigenvalue weighted by molar-refractivity contribution is 5.02. The molecule has 0 aromatic rings. The van der Waals surface area contributed by atoms with Gasteiger partial charge in [-0.25, -0.2) is 0 Å². The molecule has 4 atom stereocenters. The molecular formula is C10H16N2O. The second-order valence-corrected chi connectivity index (χ2v) is 4.33. The van der Waals surface area contributed by atoms with Crippen molar-refractivity contribution in [2.24, 2.45) is 11.8 Å². The predicted molar refractivity (Wildman–Crippen MR) is 50.0 cm³/mol. The Morgan fingerprint density at radius 3 is 3.23 bits per heavy atom. The first-order valence-corrected chi connectivity index (χ1v) is 5.22. The number of hydrogen-bond acceptors (Lipinski definition) is 3. The van der Waals surface area contributed by atoms with Crippen LogP contribution in [0.25, 0.3) is 0 Å². The third-order valence-electron chi connectivity index (χ3n) is 3.69. The normalized spacial score (nSPS) is 47.4. The molecule has 13 heavy (non-hydrogen) atoms. The topological polar surface area (TPSA) is 33.3 Å². The van der Waals surface area contributed by atoms with Gasteiger partial charge < -0.3 is 15.4 Å². The Bertz CT molecular complexity index is 229. The van der Waals surface area contributed by atoms with Crippen molar-refractivity contribution in [3.63, 3.8) is 0 Å². The molecule has 1 saturated carbocycles. The van der Waals surface area contributed by atoms with Gasteiger partial charge in [-0.05, 0) is 31.2 Å². The predicted octanol–water partition coefficient (Wildman–Crippen LogP) is 0.444. The summed E-state index contributed by atoms with van der Waals surface area (Å²) in [5.74, 6) is 1.66. The van der Waals surface area contributed by atoms with E-state index in [9.17, 15) is 0 Å². The van der Waals surface area contributed by atoms with Crippen LogP contribution < -0.4 is 10.6 Å². The van der Waals surface area contributed by atoms with Crippen LogP contribution in [-0.2, 0) is 4.74 Å². The molecule has 0 bridgehead atoms. The van der Waals surface area contributed by atoms with E-state index in [1.54, 1.807) is 6.26 Å². The molecule has 3 nitrogen and oxygen atoms in total. The Balaban J connectivity index is 1.81. The summed E-state index contributed by atoms with van der Waals surface area (Å²) in [7, 11) is 0. The highest BCUT2D eigenvalue weighted by Gasteiger charge is 2.42. The molecule has 0 radical (unpaired) electrons. The van der Waals surface area contributed by atoms with Crippen molar-refractivity contribution >= 4 is 0 Å². The Hall–Kier alpha value is -0.700. The molecule has 3 rings (SSSR count). The third kappa shape index (κ3) is 1.14. The fraction of sp³-hybridized carbons (Fsp3) is 0.800. The zero-order chi connectivity index (χ0) is 8.67. The van der Waals surface area contributed by atoms with Crippen LogP contribution in [0, 0.1) is 11.8 Å². The molecule has 2 fully saturated rings. The zero-order valence-electron chi connectivity index (χ0n) is 7.70. The molecule has 1 saturated heterocycles. The minimum absolute atomic E-state index is 0.422. The van der Waals surface area contributed by atoms with Gasteiger partial charge in [0.05, 0.1) is 12.3 Å². The van der Waals surface area contributed by atoms with Crippen LogP contribution >= 0.6 is 0 Å². The number of fused-ring (bicyclic) bond motifs is 3. The third-order valence-corrected chi connectivity index (χ3v) is 3.69. The molecular weight excluding hydrogens is 164 g/mol. The molecule has 3 aliphatic rings. The lowest BCUT2D eigenvalue weighted by Crippen LogP contribution is -2.51. The quantitative estimate of drug-likeness (QED) is 0.567. The van der Waals surface area contributed by atoms with Crippen molar-refractivity contribution in [3.8, 4) is 0 Å². The summed E-state index contributed by atoms with van der Waals surface area (Å²) in [4.78, 5) is 0. The zero-order valence-corrected chi connectivity index (χ0v) is 7.70. The average molecular weight is 180 g/mol. The van der Waals surface area contributed by atoms with Crippen LogP contribution in [0.5, 0.6) is 0 Å². The summed E-state index contributed by atoms with van der Waals surface area (Å²) in [5, 5.41) is 6.92. The van der Waals surface area contributed by atoms with E-state index >= 15 is 0 Å². The van der Waals surface area contributed by atoms with E-state index in [1.807, 2.05) is 6.20 Å². The van der Waals surface area contributed by atoms with Gasteiger partial charge in [0, 0.05) is 12.7 Å². The van der Waals surface area contributed by atoms with E-state index in [0.717, 1.165) is 18.4 Å². The monoisotopic (exact) mass is 180 g/mol. The molecule has 2 heterocycles. The van der Waals surface area contributed by atoms with E-state index < -0.39 is 0 Å². The molecule has 4 unspecified atom stereocenters. The number of hydrogen-bond donors (Lipinski definition) is 2. The van der Waals surface area contributed by atoms with Gasteiger partial charge in [-0.15, -0.1) is 0 Å². The summed E-state index contributed by atoms with van der Waals surface area (Å²) in [6, 6.07) is 0.554. The second kappa shape index (κ2) is 2.91. The van der Waals surface area contributed by atoms with Crippen LogP contribution in [0.4, 0.5) is 0 Å². The maximum atomic E-state index is 5.62. The molecule has 0 spiro atoms. The Morgan fingerprint density at radius 1 is 1.23 bits per heavy atom. The molecule has 72 valence electrons. The number of rotatable bonds is 0. The van der Waals surface area contributed by atoms with Gasteiger partial charge in [-0.1, -0.05) is 0 Å². The van der Waals surface area contributed by atoms with Crippen molar-refractivity contribution in [1.29, 1.82) is 0 Å². The lowest BCUT2D eigenvalue weighted by molar-refractivity contribution is 0.0234. The van der Waals surface area contributed by atoms with E-state index in [0.29, 0.717) is 12.1 Å². The second-order valence-electron chi connectivity index (χ2n) is 4.33. The maximum absolute atomic E-state index is 5.62. The van der Waals surface area contributed by atoms with Gasteiger partial charge in [-0.2, -0.15) is 0 Å². The Morgan fingerprint density at radius 2 is 2.23 bits per heavy atom. The van der Waals surface area contributed by atoms with Crippen LogP contribution in [0.3, 0.4) is 0 Å². The summed E-state index contributed by atoms with van der Waals surface area (Å²) in [6.45, 7) is 2.37. The fourth-order valence-electron chi connectivity index (χ4n) is 3.00. The van der Waals surface area contributed by atoms with Crippen molar-refractivity contribution in [1.82, 2.24) is 10.6 Å². The molecule has 2 aliphatic heterocycles. The van der Waals surface area contributed by atoms with Crippen LogP contribution in [0.1, 0.15) is 12.8 Å². The van der Waals surface area contributed by atoms with Gasteiger partial charge in [-0.3, -0.25) is 0 Å². The van der Waals surface area contributed by atoms with Gasteiger partial charge in [0.1, 0.15) is 6.10 Å². The van der Waals surface area contributed by atoms with Gasteiger partial charge in [0.25, 0.3) is 0 Å². The SMILES string of the molecule is C1=COC2CCC3CNCC3C2N1. The maximum Gasteiger partial charge on any atom is 0.118 e. The van der Waals surface area contributed by atoms with Crippen molar-refractivity contribution in [3.05, 3.63) is 12.5 Å². The Labute approximate surface area is 78.5 Å². The first-order chi connectivity index (χ1) is 6.45. The first-order valence-electron chi connectivity index (χ1n) is 5.22. The highest BCUT2D eigenvalue weighted by atomic mass is 16.5. The summed E-state index contributed by atoms with van der Waals surface area (Å²) < 4.78 is 5.62. The van der Waals surface area contributed by atoms with E-state index in [-0.39, 0.29) is 0 Å². The van der Waals surface area contributed by atoms with Crippen molar-refractivity contribution in [2.45, 2.75) is 25.0 Å². The summed E-state index contributed by atoms with van der Waals surface area (Å²) in [5.41, 5.74) is 0. The minimum Gasteiger partial charge on any atom is -0.494 e. The largest absolute Gasteiger partial charge is 0.494 e. The van der Waals surface area contributed by atoms with Gasteiger partial charge >= 0.3 is 0 Å². The molecule has 1 aliphatic carbocycles. The molecule has 0 aromatic carbocycles. The smallest absolute Gasteiger partial charge is 0.118 e. The average Bonchev–Trinajstić information content (AvgIpc) is 2.65. The highest BCUT2D eigenvalue weighted by Crippen LogP contribution is 2.35. The molecule has 0 aromatic heterocycles. The summed E-state index contributed by atoms with van der Waals surface area (Å²) >= 11 is 0. The number of nitrogens with one attached hydrogen (secondary N) is 2. The van der Waals surface area contributed by atoms with E-state index in [2.05, 4.69) is 10.6 Å².